The number of rotatable bonds is 3. The smallest absolute Gasteiger partial charge is 0.269 e. The number of carbonyl (C=O) groups is 2. The van der Waals surface area contributed by atoms with Gasteiger partial charge in [0.05, 0.1) is 11.5 Å². The van der Waals surface area contributed by atoms with Gasteiger partial charge in [-0.25, -0.2) is 0 Å². The van der Waals surface area contributed by atoms with Gasteiger partial charge in [-0.3, -0.25) is 24.6 Å². The van der Waals surface area contributed by atoms with Crippen molar-refractivity contribution < 1.29 is 14.5 Å². The van der Waals surface area contributed by atoms with E-state index >= 15 is 0 Å². The Morgan fingerprint density at radius 1 is 0.923 bits per heavy atom. The molecule has 2 amide bonds. The molecule has 128 valence electrons. The van der Waals surface area contributed by atoms with Crippen LogP contribution < -0.4 is 5.73 Å². The number of anilines is 1. The molecule has 7 nitrogen and oxygen atoms in total. The summed E-state index contributed by atoms with van der Waals surface area (Å²) >= 11 is 0. The number of hydrogen-bond acceptors (Lipinski definition) is 5. The van der Waals surface area contributed by atoms with E-state index in [-0.39, 0.29) is 12.2 Å². The number of nitro groups is 1. The predicted molar refractivity (Wildman–Crippen MR) is 95.7 cm³/mol. The van der Waals surface area contributed by atoms with Crippen LogP contribution in [0.4, 0.5) is 11.4 Å². The van der Waals surface area contributed by atoms with E-state index in [0.717, 1.165) is 4.90 Å². The number of amides is 2. The highest BCUT2D eigenvalue weighted by atomic mass is 16.6. The maximum absolute atomic E-state index is 12.9. The lowest BCUT2D eigenvalue weighted by molar-refractivity contribution is -0.384. The number of benzene rings is 3. The second-order valence-electron chi connectivity index (χ2n) is 6.05. The Balaban J connectivity index is 1.76. The van der Waals surface area contributed by atoms with Gasteiger partial charge < -0.3 is 5.73 Å². The molecule has 1 aliphatic heterocycles. The van der Waals surface area contributed by atoms with Gasteiger partial charge in [-0.05, 0) is 23.8 Å². The third-order valence-corrected chi connectivity index (χ3v) is 4.51. The first-order chi connectivity index (χ1) is 12.5. The van der Waals surface area contributed by atoms with Gasteiger partial charge in [0, 0.05) is 39.7 Å². The zero-order valence-electron chi connectivity index (χ0n) is 13.5. The molecule has 0 unspecified atom stereocenters. The quantitative estimate of drug-likeness (QED) is 0.339. The van der Waals surface area contributed by atoms with E-state index in [0.29, 0.717) is 33.2 Å². The van der Waals surface area contributed by atoms with Crippen LogP contribution in [0.25, 0.3) is 10.8 Å². The van der Waals surface area contributed by atoms with Crippen molar-refractivity contribution in [3.05, 3.63) is 81.4 Å². The number of hydrogen-bond donors (Lipinski definition) is 1. The molecule has 7 heteroatoms. The Kier molecular flexibility index (Phi) is 3.43. The Hall–Kier alpha value is -3.74. The van der Waals surface area contributed by atoms with E-state index in [1.54, 1.807) is 30.3 Å². The Morgan fingerprint density at radius 2 is 1.58 bits per heavy atom. The summed E-state index contributed by atoms with van der Waals surface area (Å²) in [5.41, 5.74) is 7.91. The van der Waals surface area contributed by atoms with Crippen molar-refractivity contribution in [3.63, 3.8) is 0 Å². The van der Waals surface area contributed by atoms with E-state index in [2.05, 4.69) is 0 Å². The second kappa shape index (κ2) is 5.66. The van der Waals surface area contributed by atoms with Crippen LogP contribution in [0, 0.1) is 10.1 Å². The molecule has 4 rings (SSSR count). The Bertz CT molecular complexity index is 1070. The number of nitrogens with zero attached hydrogens (tertiary/aromatic N) is 2. The molecule has 0 spiro atoms. The fourth-order valence-corrected chi connectivity index (χ4v) is 3.22. The van der Waals surface area contributed by atoms with Crippen molar-refractivity contribution in [1.29, 1.82) is 0 Å². The fourth-order valence-electron chi connectivity index (χ4n) is 3.22. The average molecular weight is 347 g/mol. The first-order valence-corrected chi connectivity index (χ1v) is 7.88. The minimum absolute atomic E-state index is 0.0376. The van der Waals surface area contributed by atoms with Crippen molar-refractivity contribution in [2.24, 2.45) is 0 Å². The lowest BCUT2D eigenvalue weighted by atomic mass is 9.93. The van der Waals surface area contributed by atoms with Gasteiger partial charge in [-0.1, -0.05) is 24.3 Å². The highest BCUT2D eigenvalue weighted by molar-refractivity contribution is 6.26. The summed E-state index contributed by atoms with van der Waals surface area (Å²) in [5.74, 6) is -0.811. The van der Waals surface area contributed by atoms with Gasteiger partial charge in [0.25, 0.3) is 17.5 Å². The molecule has 26 heavy (non-hydrogen) atoms. The summed E-state index contributed by atoms with van der Waals surface area (Å²) in [5, 5.41) is 12.0. The molecule has 0 atom stereocenters. The minimum atomic E-state index is -0.498. The first-order valence-electron chi connectivity index (χ1n) is 7.88. The normalized spacial score (nSPS) is 13.3. The van der Waals surface area contributed by atoms with Crippen LogP contribution >= 0.6 is 0 Å². The van der Waals surface area contributed by atoms with Gasteiger partial charge in [0.1, 0.15) is 0 Å². The molecule has 0 saturated heterocycles. The van der Waals surface area contributed by atoms with Crippen molar-refractivity contribution in [3.8, 4) is 0 Å². The van der Waals surface area contributed by atoms with Crippen LogP contribution in [0.5, 0.6) is 0 Å². The summed E-state index contributed by atoms with van der Waals surface area (Å²) < 4.78 is 0. The highest BCUT2D eigenvalue weighted by Gasteiger charge is 2.33. The SMILES string of the molecule is Nc1ccc2c3c(cccc13)C(=O)N(Cc1ccc([N+](=O)[O-])cc1)C2=O. The summed E-state index contributed by atoms with van der Waals surface area (Å²) in [6.45, 7) is 0.0376. The lowest BCUT2D eigenvalue weighted by Crippen LogP contribution is -2.39. The number of carbonyl (C=O) groups excluding carboxylic acids is 2. The lowest BCUT2D eigenvalue weighted by Gasteiger charge is -2.27. The van der Waals surface area contributed by atoms with E-state index in [1.807, 2.05) is 0 Å². The predicted octanol–water partition coefficient (Wildman–Crippen LogP) is 3.13. The maximum Gasteiger partial charge on any atom is 0.269 e. The van der Waals surface area contributed by atoms with Gasteiger partial charge in [0.15, 0.2) is 0 Å². The van der Waals surface area contributed by atoms with E-state index < -0.39 is 16.7 Å². The molecule has 0 radical (unpaired) electrons. The zero-order valence-corrected chi connectivity index (χ0v) is 13.5. The van der Waals surface area contributed by atoms with Gasteiger partial charge in [0.2, 0.25) is 0 Å². The molecule has 3 aromatic carbocycles. The van der Waals surface area contributed by atoms with Crippen molar-refractivity contribution in [2.45, 2.75) is 6.54 Å². The van der Waals surface area contributed by atoms with Gasteiger partial charge in [-0.15, -0.1) is 0 Å². The second-order valence-corrected chi connectivity index (χ2v) is 6.05. The zero-order chi connectivity index (χ0) is 18.4. The van der Waals surface area contributed by atoms with Gasteiger partial charge in [-0.2, -0.15) is 0 Å². The number of non-ortho nitro benzene ring substituents is 1. The average Bonchev–Trinajstić information content (AvgIpc) is 2.64. The van der Waals surface area contributed by atoms with Crippen molar-refractivity contribution >= 4 is 34.0 Å². The van der Waals surface area contributed by atoms with Crippen LogP contribution in [-0.2, 0) is 6.54 Å². The van der Waals surface area contributed by atoms with Crippen LogP contribution in [0.15, 0.2) is 54.6 Å². The number of nitrogens with two attached hydrogens (primary N) is 1. The largest absolute Gasteiger partial charge is 0.398 e. The molecule has 1 heterocycles. The number of nitrogen functional groups attached to an aromatic ring is 1. The first kappa shape index (κ1) is 15.8. The van der Waals surface area contributed by atoms with Crippen LogP contribution in [-0.4, -0.2) is 21.6 Å². The third kappa shape index (κ3) is 2.29. The molecular weight excluding hydrogens is 334 g/mol. The third-order valence-electron chi connectivity index (χ3n) is 4.51. The molecule has 0 aliphatic carbocycles. The van der Waals surface area contributed by atoms with Gasteiger partial charge >= 0.3 is 0 Å². The maximum atomic E-state index is 12.9. The highest BCUT2D eigenvalue weighted by Crippen LogP contribution is 2.33. The molecular formula is C19H13N3O4. The van der Waals surface area contributed by atoms with Crippen LogP contribution in [0.2, 0.25) is 0 Å². The summed E-state index contributed by atoms with van der Waals surface area (Å²) in [7, 11) is 0. The topological polar surface area (TPSA) is 107 Å². The summed E-state index contributed by atoms with van der Waals surface area (Å²) in [6, 6.07) is 14.2. The van der Waals surface area contributed by atoms with E-state index in [9.17, 15) is 19.7 Å². The number of nitro benzene ring substituents is 1. The fraction of sp³-hybridized carbons (Fsp3) is 0.0526. The summed E-state index contributed by atoms with van der Waals surface area (Å²) in [6.07, 6.45) is 0. The molecule has 0 fully saturated rings. The summed E-state index contributed by atoms with van der Waals surface area (Å²) in [4.78, 5) is 37.1. The molecule has 1 aliphatic rings. The monoisotopic (exact) mass is 347 g/mol. The molecule has 2 N–H and O–H groups in total. The molecule has 3 aromatic rings. The van der Waals surface area contributed by atoms with Crippen LogP contribution in [0.3, 0.4) is 0 Å². The Morgan fingerprint density at radius 3 is 2.23 bits per heavy atom. The minimum Gasteiger partial charge on any atom is -0.398 e. The molecule has 0 saturated carbocycles. The van der Waals surface area contributed by atoms with E-state index in [1.165, 1.54) is 24.3 Å². The van der Waals surface area contributed by atoms with Crippen molar-refractivity contribution in [1.82, 2.24) is 4.90 Å². The molecule has 0 aromatic heterocycles. The van der Waals surface area contributed by atoms with Crippen molar-refractivity contribution in [2.75, 3.05) is 5.73 Å². The number of imide groups is 1. The molecule has 0 bridgehead atoms. The standard InChI is InChI=1S/C19H13N3O4/c20-16-9-8-15-17-13(16)2-1-3-14(17)18(23)21(19(15)24)10-11-4-6-12(7-5-11)22(25)26/h1-9H,10,20H2. The Labute approximate surface area is 147 Å². The van der Waals surface area contributed by atoms with Crippen LogP contribution in [0.1, 0.15) is 26.3 Å². The van der Waals surface area contributed by atoms with E-state index in [4.69, 9.17) is 5.73 Å².